The molecule has 0 bridgehead atoms. The zero-order chi connectivity index (χ0) is 26.3. The van der Waals surface area contributed by atoms with Crippen molar-refractivity contribution in [2.45, 2.75) is 51.5 Å². The molecule has 1 fully saturated rings. The third kappa shape index (κ3) is 7.69. The molecule has 11 nitrogen and oxygen atoms in total. The highest BCUT2D eigenvalue weighted by molar-refractivity contribution is 5.89. The number of carbonyl (C=O) groups excluding carboxylic acids is 3. The molecule has 0 spiro atoms. The van der Waals surface area contributed by atoms with Crippen LogP contribution in [0, 0.1) is 10.1 Å². The molecule has 0 radical (unpaired) electrons. The van der Waals surface area contributed by atoms with E-state index in [0.717, 1.165) is 5.56 Å². The average molecular weight is 500 g/mol. The second-order valence-electron chi connectivity index (χ2n) is 9.28. The van der Waals surface area contributed by atoms with Gasteiger partial charge in [-0.2, -0.15) is 0 Å². The number of nitro groups is 1. The van der Waals surface area contributed by atoms with Gasteiger partial charge in [0.05, 0.1) is 23.1 Å². The summed E-state index contributed by atoms with van der Waals surface area (Å²) in [5, 5.41) is 13.6. The molecular formula is C25H29N3O8. The molecular weight excluding hydrogens is 470 g/mol. The van der Waals surface area contributed by atoms with Crippen molar-refractivity contribution in [1.29, 1.82) is 0 Å². The molecule has 2 atom stereocenters. The van der Waals surface area contributed by atoms with E-state index >= 15 is 0 Å². The highest BCUT2D eigenvalue weighted by Gasteiger charge is 2.37. The van der Waals surface area contributed by atoms with Crippen LogP contribution in [0.2, 0.25) is 0 Å². The van der Waals surface area contributed by atoms with Crippen molar-refractivity contribution in [1.82, 2.24) is 10.2 Å². The SMILES string of the molecule is CC(C)(C)OC(=O)N1CCC(NC(=O)OCc2ccccc2)C(OC(=O)c2ccc([N+](=O)[O-])cc2)C1. The lowest BCUT2D eigenvalue weighted by Gasteiger charge is -2.38. The quantitative estimate of drug-likeness (QED) is 0.272. The minimum absolute atomic E-state index is 0.0166. The highest BCUT2D eigenvalue weighted by atomic mass is 16.6. The van der Waals surface area contributed by atoms with Gasteiger partial charge in [0, 0.05) is 18.7 Å². The Labute approximate surface area is 208 Å². The van der Waals surface area contributed by atoms with Crippen molar-refractivity contribution >= 4 is 23.8 Å². The van der Waals surface area contributed by atoms with Gasteiger partial charge >= 0.3 is 18.2 Å². The van der Waals surface area contributed by atoms with Crippen LogP contribution in [0.4, 0.5) is 15.3 Å². The van der Waals surface area contributed by atoms with Crippen LogP contribution in [0.1, 0.15) is 43.1 Å². The molecule has 2 amide bonds. The summed E-state index contributed by atoms with van der Waals surface area (Å²) < 4.78 is 16.3. The summed E-state index contributed by atoms with van der Waals surface area (Å²) in [6.07, 6.45) is -1.87. The van der Waals surface area contributed by atoms with E-state index in [2.05, 4.69) is 5.32 Å². The van der Waals surface area contributed by atoms with E-state index < -0.39 is 40.8 Å². The number of esters is 1. The van der Waals surface area contributed by atoms with Gasteiger partial charge in [-0.15, -0.1) is 0 Å². The lowest BCUT2D eigenvalue weighted by molar-refractivity contribution is -0.384. The average Bonchev–Trinajstić information content (AvgIpc) is 2.83. The third-order valence-electron chi connectivity index (χ3n) is 5.30. The van der Waals surface area contributed by atoms with Crippen LogP contribution in [0.25, 0.3) is 0 Å². The van der Waals surface area contributed by atoms with Gasteiger partial charge in [0.15, 0.2) is 0 Å². The fraction of sp³-hybridized carbons (Fsp3) is 0.400. The van der Waals surface area contributed by atoms with Crippen LogP contribution in [-0.2, 0) is 20.8 Å². The van der Waals surface area contributed by atoms with Gasteiger partial charge in [-0.1, -0.05) is 30.3 Å². The number of piperidine rings is 1. The lowest BCUT2D eigenvalue weighted by Crippen LogP contribution is -2.57. The van der Waals surface area contributed by atoms with Gasteiger partial charge in [0.2, 0.25) is 0 Å². The number of likely N-dealkylation sites (tertiary alicyclic amines) is 1. The maximum atomic E-state index is 12.8. The molecule has 1 aliphatic heterocycles. The molecule has 2 aromatic rings. The fourth-order valence-corrected chi connectivity index (χ4v) is 3.53. The van der Waals surface area contributed by atoms with Crippen molar-refractivity contribution in [3.63, 3.8) is 0 Å². The standard InChI is InChI=1S/C25H29N3O8/c1-25(2,3)36-24(31)27-14-13-20(26-23(30)34-16-17-7-5-4-6-8-17)21(15-27)35-22(29)18-9-11-19(12-10-18)28(32)33/h4-12,20-21H,13-16H2,1-3H3,(H,26,30). The number of nitrogens with one attached hydrogen (secondary N) is 1. The summed E-state index contributed by atoms with van der Waals surface area (Å²) in [5.74, 6) is -0.745. The zero-order valence-corrected chi connectivity index (χ0v) is 20.3. The molecule has 0 saturated carbocycles. The molecule has 1 saturated heterocycles. The Kier molecular flexibility index (Phi) is 8.46. The first-order valence-electron chi connectivity index (χ1n) is 11.4. The Morgan fingerprint density at radius 1 is 1.08 bits per heavy atom. The molecule has 1 N–H and O–H groups in total. The molecule has 11 heteroatoms. The van der Waals surface area contributed by atoms with Gasteiger partial charge in [0.25, 0.3) is 5.69 Å². The van der Waals surface area contributed by atoms with E-state index in [0.29, 0.717) is 0 Å². The Morgan fingerprint density at radius 2 is 1.75 bits per heavy atom. The molecule has 1 aliphatic rings. The number of hydrogen-bond donors (Lipinski definition) is 1. The van der Waals surface area contributed by atoms with Crippen molar-refractivity contribution in [2.75, 3.05) is 13.1 Å². The van der Waals surface area contributed by atoms with Gasteiger partial charge in [-0.3, -0.25) is 10.1 Å². The zero-order valence-electron chi connectivity index (χ0n) is 20.3. The van der Waals surface area contributed by atoms with E-state index in [1.165, 1.54) is 29.2 Å². The summed E-state index contributed by atoms with van der Waals surface area (Å²) in [7, 11) is 0. The number of carbonyl (C=O) groups is 3. The number of rotatable bonds is 6. The predicted octanol–water partition coefficient (Wildman–Crippen LogP) is 4.06. The van der Waals surface area contributed by atoms with Gasteiger partial charge < -0.3 is 24.4 Å². The topological polar surface area (TPSA) is 137 Å². The molecule has 1 heterocycles. The van der Waals surface area contributed by atoms with Crippen LogP contribution in [-0.4, -0.2) is 58.8 Å². The first kappa shape index (κ1) is 26.5. The van der Waals surface area contributed by atoms with E-state index in [9.17, 15) is 24.5 Å². The number of nitro benzene ring substituents is 1. The summed E-state index contributed by atoms with van der Waals surface area (Å²) in [4.78, 5) is 49.5. The van der Waals surface area contributed by atoms with Crippen molar-refractivity contribution in [3.8, 4) is 0 Å². The first-order valence-corrected chi connectivity index (χ1v) is 11.4. The van der Waals surface area contributed by atoms with Crippen LogP contribution in [0.5, 0.6) is 0 Å². The molecule has 192 valence electrons. The van der Waals surface area contributed by atoms with Gasteiger partial charge in [0.1, 0.15) is 18.3 Å². The van der Waals surface area contributed by atoms with Gasteiger partial charge in [-0.05, 0) is 44.9 Å². The maximum absolute atomic E-state index is 12.8. The van der Waals surface area contributed by atoms with E-state index in [4.69, 9.17) is 14.2 Å². The summed E-state index contributed by atoms with van der Waals surface area (Å²) in [6, 6.07) is 13.5. The monoisotopic (exact) mass is 499 g/mol. The minimum atomic E-state index is -0.904. The number of non-ortho nitro benzene ring substituents is 1. The van der Waals surface area contributed by atoms with E-state index in [1.807, 2.05) is 30.3 Å². The van der Waals surface area contributed by atoms with E-state index in [1.54, 1.807) is 20.8 Å². The molecule has 3 rings (SSSR count). The Morgan fingerprint density at radius 3 is 2.36 bits per heavy atom. The van der Waals surface area contributed by atoms with Crippen molar-refractivity contribution < 1.29 is 33.5 Å². The maximum Gasteiger partial charge on any atom is 0.410 e. The smallest absolute Gasteiger partial charge is 0.410 e. The Hall–Kier alpha value is -4.15. The summed E-state index contributed by atoms with van der Waals surface area (Å²) in [6.45, 7) is 5.55. The first-order chi connectivity index (χ1) is 17.0. The van der Waals surface area contributed by atoms with Crippen molar-refractivity contribution in [2.24, 2.45) is 0 Å². The molecule has 2 unspecified atom stereocenters. The second kappa shape index (κ2) is 11.5. The molecule has 36 heavy (non-hydrogen) atoms. The number of alkyl carbamates (subject to hydrolysis) is 1. The minimum Gasteiger partial charge on any atom is -0.455 e. The number of amides is 2. The molecule has 0 aliphatic carbocycles. The molecule has 0 aromatic heterocycles. The van der Waals surface area contributed by atoms with Crippen molar-refractivity contribution in [3.05, 3.63) is 75.8 Å². The number of benzene rings is 2. The van der Waals surface area contributed by atoms with E-state index in [-0.39, 0.29) is 37.4 Å². The Bertz CT molecular complexity index is 1080. The number of nitrogens with zero attached hydrogens (tertiary/aromatic N) is 2. The van der Waals surface area contributed by atoms with Crippen LogP contribution < -0.4 is 5.32 Å². The van der Waals surface area contributed by atoms with Gasteiger partial charge in [-0.25, -0.2) is 14.4 Å². The fourth-order valence-electron chi connectivity index (χ4n) is 3.53. The normalized spacial score (nSPS) is 17.6. The largest absolute Gasteiger partial charge is 0.455 e. The van der Waals surface area contributed by atoms with Crippen LogP contribution in [0.3, 0.4) is 0 Å². The summed E-state index contributed by atoms with van der Waals surface area (Å²) >= 11 is 0. The highest BCUT2D eigenvalue weighted by Crippen LogP contribution is 2.20. The number of ether oxygens (including phenoxy) is 3. The predicted molar refractivity (Wildman–Crippen MR) is 128 cm³/mol. The second-order valence-corrected chi connectivity index (χ2v) is 9.28. The van der Waals surface area contributed by atoms with Crippen LogP contribution >= 0.6 is 0 Å². The Balaban J connectivity index is 1.69. The molecule has 2 aromatic carbocycles. The van der Waals surface area contributed by atoms with Crippen LogP contribution in [0.15, 0.2) is 54.6 Å². The summed E-state index contributed by atoms with van der Waals surface area (Å²) in [5.41, 5.74) is 0.0354. The lowest BCUT2D eigenvalue weighted by atomic mass is 10.0. The number of hydrogen-bond acceptors (Lipinski definition) is 8. The third-order valence-corrected chi connectivity index (χ3v) is 5.30.